The lowest BCUT2D eigenvalue weighted by atomic mass is 10.1. The quantitative estimate of drug-likeness (QED) is 0.893. The summed E-state index contributed by atoms with van der Waals surface area (Å²) in [5.41, 5.74) is 10.1. The first-order valence-corrected chi connectivity index (χ1v) is 7.82. The predicted octanol–water partition coefficient (Wildman–Crippen LogP) is 3.94. The Labute approximate surface area is 118 Å². The molecule has 1 aliphatic rings. The average molecular weight is 272 g/mol. The summed E-state index contributed by atoms with van der Waals surface area (Å²) >= 11 is 1.77. The van der Waals surface area contributed by atoms with Crippen LogP contribution in [0, 0.1) is 0 Å². The van der Waals surface area contributed by atoms with Crippen molar-refractivity contribution < 1.29 is 0 Å². The molecule has 19 heavy (non-hydrogen) atoms. The van der Waals surface area contributed by atoms with E-state index in [0.29, 0.717) is 6.04 Å². The highest BCUT2D eigenvalue weighted by Crippen LogP contribution is 2.36. The van der Waals surface area contributed by atoms with Crippen molar-refractivity contribution in [2.45, 2.75) is 38.4 Å². The van der Waals surface area contributed by atoms with Gasteiger partial charge in [0.2, 0.25) is 0 Å². The zero-order chi connectivity index (χ0) is 13.2. The maximum atomic E-state index is 6.12. The summed E-state index contributed by atoms with van der Waals surface area (Å²) in [6, 6.07) is 11.6. The van der Waals surface area contributed by atoms with E-state index in [9.17, 15) is 0 Å². The van der Waals surface area contributed by atoms with E-state index in [1.54, 1.807) is 11.3 Å². The zero-order valence-electron chi connectivity index (χ0n) is 11.3. The summed E-state index contributed by atoms with van der Waals surface area (Å²) < 4.78 is 0. The Morgan fingerprint density at radius 2 is 2.11 bits per heavy atom. The predicted molar refractivity (Wildman–Crippen MR) is 82.6 cm³/mol. The van der Waals surface area contributed by atoms with Gasteiger partial charge < -0.3 is 10.6 Å². The summed E-state index contributed by atoms with van der Waals surface area (Å²) in [6.45, 7) is 3.06. The molecule has 1 aromatic heterocycles. The van der Waals surface area contributed by atoms with Crippen LogP contribution >= 0.6 is 11.3 Å². The Kier molecular flexibility index (Phi) is 3.58. The first-order chi connectivity index (χ1) is 9.25. The highest BCUT2D eigenvalue weighted by molar-refractivity contribution is 7.07. The number of thiophene rings is 1. The summed E-state index contributed by atoms with van der Waals surface area (Å²) in [5, 5.41) is 4.39. The van der Waals surface area contributed by atoms with Crippen LogP contribution in [0.1, 0.15) is 36.9 Å². The third-order valence-electron chi connectivity index (χ3n) is 3.66. The standard InChI is InChI=1S/C16H20N2S/c1-12(17)15-4-2-3-5-16(15)18(14-6-7-14)10-13-8-9-19-11-13/h2-5,8-9,11-12,14H,6-7,10,17H2,1H3. The van der Waals surface area contributed by atoms with E-state index in [2.05, 4.69) is 52.9 Å². The Morgan fingerprint density at radius 3 is 2.74 bits per heavy atom. The van der Waals surface area contributed by atoms with Crippen molar-refractivity contribution in [3.8, 4) is 0 Å². The van der Waals surface area contributed by atoms with Crippen LogP contribution in [0.5, 0.6) is 0 Å². The van der Waals surface area contributed by atoms with Crippen LogP contribution < -0.4 is 10.6 Å². The van der Waals surface area contributed by atoms with E-state index in [1.165, 1.54) is 29.7 Å². The summed E-state index contributed by atoms with van der Waals surface area (Å²) in [4.78, 5) is 2.53. The van der Waals surface area contributed by atoms with Crippen LogP contribution in [0.25, 0.3) is 0 Å². The molecule has 1 aromatic carbocycles. The van der Waals surface area contributed by atoms with Gasteiger partial charge in [-0.3, -0.25) is 0 Å². The van der Waals surface area contributed by atoms with Gasteiger partial charge in [0, 0.05) is 24.3 Å². The van der Waals surface area contributed by atoms with Crippen molar-refractivity contribution in [1.82, 2.24) is 0 Å². The molecule has 1 unspecified atom stereocenters. The maximum absolute atomic E-state index is 6.12. The van der Waals surface area contributed by atoms with E-state index in [4.69, 9.17) is 5.73 Å². The third-order valence-corrected chi connectivity index (χ3v) is 4.39. The molecular weight excluding hydrogens is 252 g/mol. The minimum Gasteiger partial charge on any atom is -0.364 e. The van der Waals surface area contributed by atoms with E-state index in [1.807, 2.05) is 0 Å². The Morgan fingerprint density at radius 1 is 1.32 bits per heavy atom. The van der Waals surface area contributed by atoms with Gasteiger partial charge in [-0.25, -0.2) is 0 Å². The molecule has 0 saturated heterocycles. The number of nitrogens with zero attached hydrogens (tertiary/aromatic N) is 1. The van der Waals surface area contributed by atoms with Crippen molar-refractivity contribution in [1.29, 1.82) is 0 Å². The zero-order valence-corrected chi connectivity index (χ0v) is 12.1. The lowest BCUT2D eigenvalue weighted by Gasteiger charge is -2.28. The number of hydrogen-bond acceptors (Lipinski definition) is 3. The maximum Gasteiger partial charge on any atom is 0.0440 e. The van der Waals surface area contributed by atoms with Crippen molar-refractivity contribution >= 4 is 17.0 Å². The first kappa shape index (κ1) is 12.7. The van der Waals surface area contributed by atoms with Gasteiger partial charge in [0.05, 0.1) is 0 Å². The van der Waals surface area contributed by atoms with Gasteiger partial charge in [-0.2, -0.15) is 11.3 Å². The van der Waals surface area contributed by atoms with Gasteiger partial charge in [0.25, 0.3) is 0 Å². The topological polar surface area (TPSA) is 29.3 Å². The smallest absolute Gasteiger partial charge is 0.0440 e. The number of anilines is 1. The van der Waals surface area contributed by atoms with Crippen molar-refractivity contribution in [3.63, 3.8) is 0 Å². The molecular formula is C16H20N2S. The minimum atomic E-state index is 0.0833. The molecule has 2 aromatic rings. The molecule has 0 amide bonds. The average Bonchev–Trinajstić information content (AvgIpc) is 3.13. The molecule has 0 aliphatic heterocycles. The molecule has 2 nitrogen and oxygen atoms in total. The molecule has 3 rings (SSSR count). The Bertz CT molecular complexity index is 529. The monoisotopic (exact) mass is 272 g/mol. The normalized spacial score (nSPS) is 16.3. The molecule has 0 spiro atoms. The first-order valence-electron chi connectivity index (χ1n) is 6.88. The van der Waals surface area contributed by atoms with Gasteiger partial charge in [0.1, 0.15) is 0 Å². The molecule has 0 bridgehead atoms. The van der Waals surface area contributed by atoms with E-state index in [0.717, 1.165) is 6.54 Å². The van der Waals surface area contributed by atoms with Crippen LogP contribution in [0.3, 0.4) is 0 Å². The molecule has 1 aliphatic carbocycles. The highest BCUT2D eigenvalue weighted by atomic mass is 32.1. The largest absolute Gasteiger partial charge is 0.364 e. The number of rotatable bonds is 5. The molecule has 2 N–H and O–H groups in total. The molecule has 100 valence electrons. The number of benzene rings is 1. The van der Waals surface area contributed by atoms with Crippen molar-refractivity contribution in [2.75, 3.05) is 4.90 Å². The molecule has 0 radical (unpaired) electrons. The van der Waals surface area contributed by atoms with E-state index < -0.39 is 0 Å². The minimum absolute atomic E-state index is 0.0833. The molecule has 1 fully saturated rings. The second kappa shape index (κ2) is 5.35. The van der Waals surface area contributed by atoms with Crippen LogP contribution in [0.15, 0.2) is 41.1 Å². The Hall–Kier alpha value is -1.32. The second-order valence-electron chi connectivity index (χ2n) is 5.34. The summed E-state index contributed by atoms with van der Waals surface area (Å²) in [5.74, 6) is 0. The van der Waals surface area contributed by atoms with Gasteiger partial charge >= 0.3 is 0 Å². The summed E-state index contributed by atoms with van der Waals surface area (Å²) in [7, 11) is 0. The number of nitrogens with two attached hydrogens (primary N) is 1. The van der Waals surface area contributed by atoms with Crippen LogP contribution in [-0.4, -0.2) is 6.04 Å². The van der Waals surface area contributed by atoms with Crippen LogP contribution in [-0.2, 0) is 6.54 Å². The van der Waals surface area contributed by atoms with Crippen LogP contribution in [0.4, 0.5) is 5.69 Å². The molecule has 1 saturated carbocycles. The van der Waals surface area contributed by atoms with E-state index >= 15 is 0 Å². The number of para-hydroxylation sites is 1. The Balaban J connectivity index is 1.92. The lowest BCUT2D eigenvalue weighted by molar-refractivity contribution is 0.759. The fraction of sp³-hybridized carbons (Fsp3) is 0.375. The van der Waals surface area contributed by atoms with Gasteiger partial charge in [-0.15, -0.1) is 0 Å². The highest BCUT2D eigenvalue weighted by Gasteiger charge is 2.30. The SMILES string of the molecule is CC(N)c1ccccc1N(Cc1ccsc1)C1CC1. The third kappa shape index (κ3) is 2.82. The molecule has 1 atom stereocenters. The van der Waals surface area contributed by atoms with Crippen molar-refractivity contribution in [3.05, 3.63) is 52.2 Å². The van der Waals surface area contributed by atoms with Crippen molar-refractivity contribution in [2.24, 2.45) is 5.73 Å². The summed E-state index contributed by atoms with van der Waals surface area (Å²) in [6.07, 6.45) is 2.61. The fourth-order valence-corrected chi connectivity index (χ4v) is 3.17. The second-order valence-corrected chi connectivity index (χ2v) is 6.12. The molecule has 1 heterocycles. The van der Waals surface area contributed by atoms with E-state index in [-0.39, 0.29) is 6.04 Å². The molecule has 3 heteroatoms. The van der Waals surface area contributed by atoms with Gasteiger partial charge in [-0.1, -0.05) is 18.2 Å². The van der Waals surface area contributed by atoms with Gasteiger partial charge in [0.15, 0.2) is 0 Å². The number of hydrogen-bond donors (Lipinski definition) is 1. The fourth-order valence-electron chi connectivity index (χ4n) is 2.51. The van der Waals surface area contributed by atoms with Gasteiger partial charge in [-0.05, 0) is 53.8 Å². The van der Waals surface area contributed by atoms with Crippen LogP contribution in [0.2, 0.25) is 0 Å². The lowest BCUT2D eigenvalue weighted by Crippen LogP contribution is -2.27.